The summed E-state index contributed by atoms with van der Waals surface area (Å²) >= 11 is 0. The predicted octanol–water partition coefficient (Wildman–Crippen LogP) is 23.2. The third kappa shape index (κ3) is 68.5. The van der Waals surface area contributed by atoms with Crippen molar-refractivity contribution in [3.05, 3.63) is 0 Å². The van der Waals surface area contributed by atoms with Crippen LogP contribution in [0.3, 0.4) is 0 Å². The molecule has 8 atom stereocenters. The Morgan fingerprint density at radius 1 is 0.286 bits per heavy atom. The van der Waals surface area contributed by atoms with Crippen molar-refractivity contribution in [1.29, 1.82) is 0 Å². The van der Waals surface area contributed by atoms with E-state index in [1.807, 2.05) is 0 Å². The minimum atomic E-state index is -4.96. The fourth-order valence-electron chi connectivity index (χ4n) is 12.0. The molecule has 0 saturated carbocycles. The molecule has 98 heavy (non-hydrogen) atoms. The van der Waals surface area contributed by atoms with Gasteiger partial charge in [0.15, 0.2) is 12.2 Å². The first-order valence-electron chi connectivity index (χ1n) is 40.8. The maximum absolute atomic E-state index is 13.1. The lowest BCUT2D eigenvalue weighted by molar-refractivity contribution is -0.161. The van der Waals surface area contributed by atoms with Gasteiger partial charge < -0.3 is 33.8 Å². The van der Waals surface area contributed by atoms with Gasteiger partial charge in [0.2, 0.25) is 0 Å². The SMILES string of the molecule is CCC(C)CCCCCCCCCCCCCCCCC(=O)OC[C@H](COP(=O)(O)OC[C@@H](O)COP(=O)(O)OC[C@@H](COC(=O)CCCCCCCCC(C)CC)OC(=O)CCCCCCCCCCCCCCCCCC(C)C)OC(=O)CCCCCCCCCCC(C)CC. The zero-order valence-electron chi connectivity index (χ0n) is 64.4. The Bertz CT molecular complexity index is 1930. The van der Waals surface area contributed by atoms with E-state index in [1.54, 1.807) is 0 Å². The molecule has 0 aliphatic carbocycles. The van der Waals surface area contributed by atoms with Crippen LogP contribution in [-0.2, 0) is 65.4 Å². The van der Waals surface area contributed by atoms with Crippen LogP contribution >= 0.6 is 15.6 Å². The van der Waals surface area contributed by atoms with Crippen LogP contribution < -0.4 is 0 Å². The number of rotatable bonds is 76. The molecule has 0 radical (unpaired) electrons. The third-order valence-electron chi connectivity index (χ3n) is 19.4. The van der Waals surface area contributed by atoms with Gasteiger partial charge in [-0.15, -0.1) is 0 Å². The van der Waals surface area contributed by atoms with Crippen molar-refractivity contribution in [2.45, 2.75) is 420 Å². The monoisotopic (exact) mass is 1440 g/mol. The number of ether oxygens (including phenoxy) is 4. The van der Waals surface area contributed by atoms with E-state index in [2.05, 4.69) is 55.4 Å². The summed E-state index contributed by atoms with van der Waals surface area (Å²) in [6.07, 6.45) is 54.0. The highest BCUT2D eigenvalue weighted by Crippen LogP contribution is 2.45. The van der Waals surface area contributed by atoms with Crippen molar-refractivity contribution in [3.8, 4) is 0 Å². The summed E-state index contributed by atoms with van der Waals surface area (Å²) in [5.74, 6) is 1.03. The second kappa shape index (κ2) is 68.2. The molecule has 0 spiro atoms. The topological polar surface area (TPSA) is 237 Å². The molecule has 0 rings (SSSR count). The Balaban J connectivity index is 5.22. The molecule has 3 N–H and O–H groups in total. The number of carbonyl (C=O) groups excluding carboxylic acids is 4. The first-order chi connectivity index (χ1) is 47.2. The highest BCUT2D eigenvalue weighted by atomic mass is 31.2. The molecule has 0 aromatic heterocycles. The van der Waals surface area contributed by atoms with Crippen LogP contribution in [0.2, 0.25) is 0 Å². The maximum Gasteiger partial charge on any atom is 0.472 e. The van der Waals surface area contributed by atoms with E-state index in [4.69, 9.17) is 37.0 Å². The molecule has 0 fully saturated rings. The van der Waals surface area contributed by atoms with Gasteiger partial charge in [-0.1, -0.05) is 351 Å². The van der Waals surface area contributed by atoms with Gasteiger partial charge in [-0.25, -0.2) is 9.13 Å². The second-order valence-corrected chi connectivity index (χ2v) is 32.6. The number of esters is 4. The van der Waals surface area contributed by atoms with E-state index in [9.17, 15) is 43.2 Å². The molecule has 0 amide bonds. The van der Waals surface area contributed by atoms with E-state index >= 15 is 0 Å². The van der Waals surface area contributed by atoms with E-state index in [0.717, 1.165) is 120 Å². The molecule has 0 aliphatic rings. The first kappa shape index (κ1) is 96.1. The number of unbranched alkanes of at least 4 members (excludes halogenated alkanes) is 39. The summed E-state index contributed by atoms with van der Waals surface area (Å²) in [6, 6.07) is 0. The van der Waals surface area contributed by atoms with Crippen LogP contribution in [0.4, 0.5) is 0 Å². The van der Waals surface area contributed by atoms with Crippen LogP contribution in [0.1, 0.15) is 402 Å². The van der Waals surface area contributed by atoms with Gasteiger partial charge in [-0.05, 0) is 49.4 Å². The summed E-state index contributed by atoms with van der Waals surface area (Å²) in [6.45, 7) is 14.3. The molecular formula is C79H154O17P2. The summed E-state index contributed by atoms with van der Waals surface area (Å²) in [5, 5.41) is 10.6. The Morgan fingerprint density at radius 2 is 0.490 bits per heavy atom. The Labute approximate surface area is 600 Å². The zero-order valence-corrected chi connectivity index (χ0v) is 66.2. The highest BCUT2D eigenvalue weighted by Gasteiger charge is 2.30. The number of phosphoric acid groups is 2. The smallest absolute Gasteiger partial charge is 0.462 e. The number of phosphoric ester groups is 2. The third-order valence-corrected chi connectivity index (χ3v) is 21.3. The standard InChI is InChI=1S/C79H154O17P2/c1-9-70(6)56-48-40-32-26-22-18-15-16-19-23-27-34-43-51-59-76(81)89-65-74(96-79(84)62-54-46-36-30-29-33-41-49-57-71(7)10-2)67-93-97(85,86)91-63-73(80)64-92-98(87,88)94-68-75(66-90-77(82)60-52-44-38-37-42-50-58-72(8)11-3)95-78(83)61-53-45-35-28-24-20-14-12-13-17-21-25-31-39-47-55-69(4)5/h69-75,80H,9-68H2,1-8H3,(H,85,86)(H,87,88)/t70?,71?,72?,73-,74-,75-/m1/s1. The van der Waals surface area contributed by atoms with Gasteiger partial charge in [-0.3, -0.25) is 37.3 Å². The number of aliphatic hydroxyl groups excluding tert-OH is 1. The van der Waals surface area contributed by atoms with E-state index < -0.39 is 97.5 Å². The van der Waals surface area contributed by atoms with Crippen LogP contribution in [0, 0.1) is 23.7 Å². The van der Waals surface area contributed by atoms with Crippen molar-refractivity contribution in [2.24, 2.45) is 23.7 Å². The fourth-order valence-corrected chi connectivity index (χ4v) is 13.6. The average Bonchev–Trinajstić information content (AvgIpc) is 1.06. The number of hydrogen-bond donors (Lipinski definition) is 3. The van der Waals surface area contributed by atoms with Crippen LogP contribution in [0.25, 0.3) is 0 Å². The lowest BCUT2D eigenvalue weighted by Crippen LogP contribution is -2.30. The van der Waals surface area contributed by atoms with Gasteiger partial charge in [0, 0.05) is 25.7 Å². The van der Waals surface area contributed by atoms with Crippen molar-refractivity contribution < 1.29 is 80.2 Å². The summed E-state index contributed by atoms with van der Waals surface area (Å²) < 4.78 is 68.6. The van der Waals surface area contributed by atoms with Crippen molar-refractivity contribution in [3.63, 3.8) is 0 Å². The second-order valence-electron chi connectivity index (χ2n) is 29.7. The molecule has 0 aliphatic heterocycles. The molecular weight excluding hydrogens is 1280 g/mol. The molecule has 0 saturated heterocycles. The maximum atomic E-state index is 13.1. The minimum Gasteiger partial charge on any atom is -0.462 e. The van der Waals surface area contributed by atoms with Crippen molar-refractivity contribution in [1.82, 2.24) is 0 Å². The van der Waals surface area contributed by atoms with Gasteiger partial charge in [0.25, 0.3) is 0 Å². The lowest BCUT2D eigenvalue weighted by Gasteiger charge is -2.21. The van der Waals surface area contributed by atoms with Crippen LogP contribution in [0.5, 0.6) is 0 Å². The van der Waals surface area contributed by atoms with E-state index in [-0.39, 0.29) is 25.7 Å². The predicted molar refractivity (Wildman–Crippen MR) is 400 cm³/mol. The van der Waals surface area contributed by atoms with E-state index in [1.165, 1.54) is 199 Å². The Morgan fingerprint density at radius 3 is 0.724 bits per heavy atom. The number of aliphatic hydroxyl groups is 1. The normalized spacial score (nSPS) is 14.9. The van der Waals surface area contributed by atoms with Crippen LogP contribution in [0.15, 0.2) is 0 Å². The largest absolute Gasteiger partial charge is 0.472 e. The minimum absolute atomic E-state index is 0.105. The summed E-state index contributed by atoms with van der Waals surface area (Å²) in [7, 11) is -9.92. The molecule has 5 unspecified atom stereocenters. The summed E-state index contributed by atoms with van der Waals surface area (Å²) in [4.78, 5) is 72.9. The fraction of sp³-hybridized carbons (Fsp3) is 0.949. The molecule has 582 valence electrons. The zero-order chi connectivity index (χ0) is 72.4. The van der Waals surface area contributed by atoms with Crippen LogP contribution in [-0.4, -0.2) is 96.7 Å². The van der Waals surface area contributed by atoms with Gasteiger partial charge in [0.1, 0.15) is 19.3 Å². The Hall–Kier alpha value is -1.94. The molecule has 17 nitrogen and oxygen atoms in total. The lowest BCUT2D eigenvalue weighted by atomic mass is 9.99. The van der Waals surface area contributed by atoms with Crippen molar-refractivity contribution >= 4 is 39.5 Å². The molecule has 19 heteroatoms. The average molecular weight is 1440 g/mol. The molecule has 0 aromatic rings. The summed E-state index contributed by atoms with van der Waals surface area (Å²) in [5.41, 5.74) is 0. The van der Waals surface area contributed by atoms with Crippen molar-refractivity contribution in [2.75, 3.05) is 39.6 Å². The van der Waals surface area contributed by atoms with Gasteiger partial charge >= 0.3 is 39.5 Å². The van der Waals surface area contributed by atoms with Gasteiger partial charge in [0.05, 0.1) is 26.4 Å². The first-order valence-corrected chi connectivity index (χ1v) is 43.8. The quantitative estimate of drug-likeness (QED) is 0.0222. The number of carbonyl (C=O) groups is 4. The highest BCUT2D eigenvalue weighted by molar-refractivity contribution is 7.47. The Kier molecular flexibility index (Phi) is 66.8. The van der Waals surface area contributed by atoms with E-state index in [0.29, 0.717) is 25.7 Å². The van der Waals surface area contributed by atoms with Gasteiger partial charge in [-0.2, -0.15) is 0 Å². The molecule has 0 aromatic carbocycles. The molecule has 0 bridgehead atoms. The number of hydrogen-bond acceptors (Lipinski definition) is 15. The molecule has 0 heterocycles.